The SMILES string of the molecule is CCC(C)NC(=O)C(CC)N(Cc1ccc(C)cc1)C(=O)CN(c1ccccc1)S(=O)(=O)c1ccc(OC)c(OC)c1. The fraction of sp³-hybridized carbons (Fsp3) is 0.375. The van der Waals surface area contributed by atoms with Gasteiger partial charge < -0.3 is 19.7 Å². The molecule has 0 fully saturated rings. The van der Waals surface area contributed by atoms with Crippen molar-refractivity contribution in [3.63, 3.8) is 0 Å². The molecule has 3 aromatic carbocycles. The van der Waals surface area contributed by atoms with Gasteiger partial charge in [-0.25, -0.2) is 8.42 Å². The molecule has 0 saturated carbocycles. The third-order valence-electron chi connectivity index (χ3n) is 7.13. The number of nitrogens with zero attached hydrogens (tertiary/aromatic N) is 2. The number of benzene rings is 3. The Bertz CT molecular complexity index is 1440. The second kappa shape index (κ2) is 14.7. The number of methoxy groups -OCH3 is 2. The number of para-hydroxylation sites is 1. The molecule has 0 aliphatic heterocycles. The number of amides is 2. The maximum absolute atomic E-state index is 14.2. The van der Waals surface area contributed by atoms with Gasteiger partial charge in [0.2, 0.25) is 11.8 Å². The zero-order valence-electron chi connectivity index (χ0n) is 25.2. The summed E-state index contributed by atoms with van der Waals surface area (Å²) in [5, 5.41) is 2.98. The molecule has 3 rings (SSSR count). The maximum atomic E-state index is 14.2. The van der Waals surface area contributed by atoms with E-state index in [1.807, 2.05) is 52.0 Å². The Kier molecular flexibility index (Phi) is 11.4. The van der Waals surface area contributed by atoms with Gasteiger partial charge in [0.25, 0.3) is 10.0 Å². The number of aryl methyl sites for hydroxylation is 1. The van der Waals surface area contributed by atoms with Gasteiger partial charge in [0.1, 0.15) is 12.6 Å². The molecule has 9 nitrogen and oxygen atoms in total. The topological polar surface area (TPSA) is 105 Å². The van der Waals surface area contributed by atoms with E-state index >= 15 is 0 Å². The highest BCUT2D eigenvalue weighted by Crippen LogP contribution is 2.32. The largest absolute Gasteiger partial charge is 0.493 e. The van der Waals surface area contributed by atoms with Gasteiger partial charge in [-0.3, -0.25) is 13.9 Å². The van der Waals surface area contributed by atoms with Crippen molar-refractivity contribution in [1.82, 2.24) is 10.2 Å². The minimum atomic E-state index is -4.24. The minimum absolute atomic E-state index is 0.0663. The number of nitrogens with one attached hydrogen (secondary N) is 1. The van der Waals surface area contributed by atoms with Crippen molar-refractivity contribution in [2.24, 2.45) is 0 Å². The molecule has 0 aliphatic carbocycles. The summed E-state index contributed by atoms with van der Waals surface area (Å²) in [5.74, 6) is -0.163. The van der Waals surface area contributed by atoms with Crippen LogP contribution in [0.5, 0.6) is 11.5 Å². The van der Waals surface area contributed by atoms with E-state index in [2.05, 4.69) is 5.32 Å². The van der Waals surface area contributed by atoms with Crippen LogP contribution in [-0.2, 0) is 26.2 Å². The summed E-state index contributed by atoms with van der Waals surface area (Å²) in [6.45, 7) is 7.31. The molecule has 10 heteroatoms. The van der Waals surface area contributed by atoms with Crippen molar-refractivity contribution in [3.8, 4) is 11.5 Å². The van der Waals surface area contributed by atoms with E-state index in [1.165, 1.54) is 37.3 Å². The number of sulfonamides is 1. The Morgan fingerprint density at radius 2 is 1.52 bits per heavy atom. The van der Waals surface area contributed by atoms with E-state index in [0.717, 1.165) is 21.9 Å². The van der Waals surface area contributed by atoms with E-state index < -0.39 is 28.5 Å². The molecule has 2 atom stereocenters. The predicted molar refractivity (Wildman–Crippen MR) is 164 cm³/mol. The fourth-order valence-electron chi connectivity index (χ4n) is 4.48. The lowest BCUT2D eigenvalue weighted by Gasteiger charge is -2.33. The Morgan fingerprint density at radius 3 is 2.10 bits per heavy atom. The van der Waals surface area contributed by atoms with Crippen LogP contribution in [-0.4, -0.2) is 58.0 Å². The van der Waals surface area contributed by atoms with Crippen LogP contribution in [0.25, 0.3) is 0 Å². The lowest BCUT2D eigenvalue weighted by molar-refractivity contribution is -0.140. The predicted octanol–water partition coefficient (Wildman–Crippen LogP) is 4.93. The van der Waals surface area contributed by atoms with Gasteiger partial charge in [-0.2, -0.15) is 0 Å². The Hall–Kier alpha value is -4.05. The molecule has 0 radical (unpaired) electrons. The maximum Gasteiger partial charge on any atom is 0.264 e. The smallest absolute Gasteiger partial charge is 0.264 e. The highest BCUT2D eigenvalue weighted by atomic mass is 32.2. The monoisotopic (exact) mass is 595 g/mol. The highest BCUT2D eigenvalue weighted by Gasteiger charge is 2.34. The van der Waals surface area contributed by atoms with Crippen LogP contribution in [0.2, 0.25) is 0 Å². The second-order valence-electron chi connectivity index (χ2n) is 10.1. The Labute approximate surface area is 249 Å². The standard InChI is InChI=1S/C32H41N3O6S/c1-7-24(4)33-32(37)28(8-2)34(21-25-16-14-23(3)15-17-25)31(36)22-35(26-12-10-9-11-13-26)42(38,39)27-18-19-29(40-5)30(20-27)41-6/h9-20,24,28H,7-8,21-22H2,1-6H3,(H,33,37). The van der Waals surface area contributed by atoms with Crippen molar-refractivity contribution in [2.75, 3.05) is 25.1 Å². The first kappa shape index (κ1) is 32.5. The second-order valence-corrected chi connectivity index (χ2v) is 12.0. The van der Waals surface area contributed by atoms with Crippen molar-refractivity contribution in [3.05, 3.63) is 83.9 Å². The van der Waals surface area contributed by atoms with Gasteiger partial charge in [-0.05, 0) is 56.5 Å². The summed E-state index contributed by atoms with van der Waals surface area (Å²) >= 11 is 0. The van der Waals surface area contributed by atoms with Crippen LogP contribution in [0.1, 0.15) is 44.7 Å². The quantitative estimate of drug-likeness (QED) is 0.283. The normalized spacial score (nSPS) is 12.6. The van der Waals surface area contributed by atoms with E-state index in [4.69, 9.17) is 9.47 Å². The molecular weight excluding hydrogens is 554 g/mol. The van der Waals surface area contributed by atoms with E-state index in [0.29, 0.717) is 17.9 Å². The first-order valence-electron chi connectivity index (χ1n) is 14.0. The Balaban J connectivity index is 2.06. The minimum Gasteiger partial charge on any atom is -0.493 e. The molecule has 0 spiro atoms. The molecule has 2 amide bonds. The molecule has 3 aromatic rings. The summed E-state index contributed by atoms with van der Waals surface area (Å²) in [6.07, 6.45) is 1.09. The number of hydrogen-bond donors (Lipinski definition) is 1. The molecule has 0 bridgehead atoms. The molecule has 226 valence electrons. The summed E-state index contributed by atoms with van der Waals surface area (Å²) < 4.78 is 39.9. The van der Waals surface area contributed by atoms with Gasteiger partial charge in [0.15, 0.2) is 11.5 Å². The summed E-state index contributed by atoms with van der Waals surface area (Å²) in [7, 11) is -1.36. The third-order valence-corrected chi connectivity index (χ3v) is 8.90. The highest BCUT2D eigenvalue weighted by molar-refractivity contribution is 7.92. The van der Waals surface area contributed by atoms with Crippen molar-refractivity contribution < 1.29 is 27.5 Å². The number of carbonyl (C=O) groups excluding carboxylic acids is 2. The van der Waals surface area contributed by atoms with E-state index in [-0.39, 0.29) is 29.1 Å². The van der Waals surface area contributed by atoms with Gasteiger partial charge in [-0.1, -0.05) is 61.9 Å². The first-order valence-corrected chi connectivity index (χ1v) is 15.4. The van der Waals surface area contributed by atoms with Gasteiger partial charge in [-0.15, -0.1) is 0 Å². The fourth-order valence-corrected chi connectivity index (χ4v) is 5.91. The zero-order chi connectivity index (χ0) is 30.9. The van der Waals surface area contributed by atoms with Crippen molar-refractivity contribution in [2.45, 2.75) is 64.1 Å². The Morgan fingerprint density at radius 1 is 0.881 bits per heavy atom. The number of anilines is 1. The number of carbonyl (C=O) groups is 2. The summed E-state index contributed by atoms with van der Waals surface area (Å²) in [4.78, 5) is 28.9. The molecule has 0 aromatic heterocycles. The molecular formula is C32H41N3O6S. The van der Waals surface area contributed by atoms with Gasteiger partial charge in [0, 0.05) is 18.7 Å². The molecule has 2 unspecified atom stereocenters. The molecule has 42 heavy (non-hydrogen) atoms. The summed E-state index contributed by atoms with van der Waals surface area (Å²) in [6, 6.07) is 19.5. The van der Waals surface area contributed by atoms with E-state index in [9.17, 15) is 18.0 Å². The zero-order valence-corrected chi connectivity index (χ0v) is 26.0. The molecule has 0 aliphatic rings. The van der Waals surface area contributed by atoms with Crippen LogP contribution in [0.3, 0.4) is 0 Å². The average molecular weight is 596 g/mol. The summed E-state index contributed by atoms with van der Waals surface area (Å²) in [5.41, 5.74) is 2.21. The molecule has 1 N–H and O–H groups in total. The van der Waals surface area contributed by atoms with Crippen LogP contribution in [0, 0.1) is 6.92 Å². The van der Waals surface area contributed by atoms with E-state index in [1.54, 1.807) is 30.3 Å². The number of rotatable bonds is 14. The number of hydrogen-bond acceptors (Lipinski definition) is 6. The number of ether oxygens (including phenoxy) is 2. The third kappa shape index (κ3) is 7.82. The van der Waals surface area contributed by atoms with Gasteiger partial charge in [0.05, 0.1) is 24.8 Å². The van der Waals surface area contributed by atoms with Crippen molar-refractivity contribution in [1.29, 1.82) is 0 Å². The lowest BCUT2D eigenvalue weighted by Crippen LogP contribution is -2.53. The van der Waals surface area contributed by atoms with Crippen molar-refractivity contribution >= 4 is 27.5 Å². The average Bonchev–Trinajstić information content (AvgIpc) is 3.00. The van der Waals surface area contributed by atoms with Gasteiger partial charge >= 0.3 is 0 Å². The first-order chi connectivity index (χ1) is 20.0. The van der Waals surface area contributed by atoms with Crippen LogP contribution in [0.15, 0.2) is 77.7 Å². The van der Waals surface area contributed by atoms with Crippen LogP contribution >= 0.6 is 0 Å². The molecule has 0 heterocycles. The molecule has 0 saturated heterocycles. The van der Waals surface area contributed by atoms with Crippen LogP contribution in [0.4, 0.5) is 5.69 Å². The van der Waals surface area contributed by atoms with Crippen LogP contribution < -0.4 is 19.1 Å². The lowest BCUT2D eigenvalue weighted by atomic mass is 10.1.